The molecule has 228 valence electrons. The van der Waals surface area contributed by atoms with Gasteiger partial charge in [0.05, 0.1) is 30.1 Å². The van der Waals surface area contributed by atoms with Gasteiger partial charge in [-0.15, -0.1) is 0 Å². The van der Waals surface area contributed by atoms with Gasteiger partial charge in [-0.3, -0.25) is 4.79 Å². The molecule has 1 amide bonds. The Morgan fingerprint density at radius 3 is 2.72 bits per heavy atom. The standard InChI is InChI=1S/C31H39N7O4S/c1-3-23-20-36-16-17-37(21-29(36)33-23)30(39)22-8-10-24(11-9-22)34-31-32-14-12-28(35-31)38-15-13-25-26(38)6-4-7-27(25)42-18-5-19-43(2,40)41/h4,6-7,12-15,20,22,24H,3,5,8-11,16-19,21H2,1-2H3,(H,32,34,35)/t22-,24-. The second kappa shape index (κ2) is 12.4. The quantitative estimate of drug-likeness (QED) is 0.269. The summed E-state index contributed by atoms with van der Waals surface area (Å²) < 4.78 is 32.9. The molecule has 1 saturated carbocycles. The molecule has 1 aromatic carbocycles. The second-order valence-corrected chi connectivity index (χ2v) is 13.9. The first-order valence-electron chi connectivity index (χ1n) is 15.1. The third-order valence-corrected chi connectivity index (χ3v) is 9.46. The molecule has 0 atom stereocenters. The maximum Gasteiger partial charge on any atom is 0.226 e. The van der Waals surface area contributed by atoms with Gasteiger partial charge in [-0.25, -0.2) is 18.4 Å². The number of benzene rings is 1. The minimum Gasteiger partial charge on any atom is -0.493 e. The number of carbonyl (C=O) groups is 1. The van der Waals surface area contributed by atoms with E-state index in [0.29, 0.717) is 31.3 Å². The van der Waals surface area contributed by atoms with Crippen LogP contribution < -0.4 is 10.1 Å². The molecule has 1 N–H and O–H groups in total. The number of anilines is 1. The highest BCUT2D eigenvalue weighted by atomic mass is 32.2. The molecule has 4 aromatic rings. The maximum atomic E-state index is 13.3. The van der Waals surface area contributed by atoms with Gasteiger partial charge in [0.1, 0.15) is 27.2 Å². The summed E-state index contributed by atoms with van der Waals surface area (Å²) in [6.07, 6.45) is 11.9. The number of sulfone groups is 1. The number of carbonyl (C=O) groups excluding carboxylic acids is 1. The van der Waals surface area contributed by atoms with Crippen LogP contribution in [-0.4, -0.2) is 74.5 Å². The van der Waals surface area contributed by atoms with Crippen molar-refractivity contribution in [1.82, 2.24) is 29.0 Å². The van der Waals surface area contributed by atoms with Crippen LogP contribution >= 0.6 is 0 Å². The van der Waals surface area contributed by atoms with Crippen molar-refractivity contribution in [2.24, 2.45) is 5.92 Å². The molecule has 1 aliphatic carbocycles. The molecular weight excluding hydrogens is 566 g/mol. The van der Waals surface area contributed by atoms with Gasteiger partial charge < -0.3 is 24.1 Å². The van der Waals surface area contributed by atoms with Crippen LogP contribution in [0, 0.1) is 5.92 Å². The van der Waals surface area contributed by atoms with Gasteiger partial charge in [-0.1, -0.05) is 13.0 Å². The molecular formula is C31H39N7O4S. The van der Waals surface area contributed by atoms with E-state index in [1.165, 1.54) is 6.26 Å². The van der Waals surface area contributed by atoms with E-state index in [0.717, 1.165) is 73.4 Å². The average Bonchev–Trinajstić information content (AvgIpc) is 3.63. The molecule has 1 aliphatic heterocycles. The maximum absolute atomic E-state index is 13.3. The first-order valence-corrected chi connectivity index (χ1v) is 17.2. The Balaban J connectivity index is 1.05. The molecule has 11 nitrogen and oxygen atoms in total. The van der Waals surface area contributed by atoms with Crippen molar-refractivity contribution in [3.05, 3.63) is 60.4 Å². The van der Waals surface area contributed by atoms with E-state index in [-0.39, 0.29) is 23.6 Å². The van der Waals surface area contributed by atoms with Gasteiger partial charge in [0.25, 0.3) is 0 Å². The summed E-state index contributed by atoms with van der Waals surface area (Å²) >= 11 is 0. The lowest BCUT2D eigenvalue weighted by Crippen LogP contribution is -2.43. The summed E-state index contributed by atoms with van der Waals surface area (Å²) in [6.45, 7) is 4.59. The van der Waals surface area contributed by atoms with Gasteiger partial charge in [0, 0.05) is 55.3 Å². The third-order valence-electron chi connectivity index (χ3n) is 8.43. The second-order valence-electron chi connectivity index (χ2n) is 11.6. The van der Waals surface area contributed by atoms with Crippen molar-refractivity contribution < 1.29 is 17.9 Å². The summed E-state index contributed by atoms with van der Waals surface area (Å²) in [5.41, 5.74) is 2.03. The van der Waals surface area contributed by atoms with Crippen LogP contribution in [0.5, 0.6) is 5.75 Å². The number of hydrogen-bond acceptors (Lipinski definition) is 8. The normalized spacial score (nSPS) is 18.9. The zero-order valence-corrected chi connectivity index (χ0v) is 25.6. The average molecular weight is 606 g/mol. The highest BCUT2D eigenvalue weighted by molar-refractivity contribution is 7.90. The number of aryl methyl sites for hydroxylation is 1. The minimum atomic E-state index is -3.01. The lowest BCUT2D eigenvalue weighted by atomic mass is 9.85. The fourth-order valence-electron chi connectivity index (χ4n) is 6.12. The van der Waals surface area contributed by atoms with Crippen LogP contribution in [-0.2, 0) is 34.1 Å². The third kappa shape index (κ3) is 6.69. The summed E-state index contributed by atoms with van der Waals surface area (Å²) in [4.78, 5) is 29.3. The molecule has 0 bridgehead atoms. The monoisotopic (exact) mass is 605 g/mol. The van der Waals surface area contributed by atoms with E-state index in [1.54, 1.807) is 6.20 Å². The fourth-order valence-corrected chi connectivity index (χ4v) is 6.76. The van der Waals surface area contributed by atoms with Crippen LogP contribution in [0.25, 0.3) is 16.7 Å². The van der Waals surface area contributed by atoms with Crippen molar-refractivity contribution in [3.63, 3.8) is 0 Å². The predicted octanol–water partition coefficient (Wildman–Crippen LogP) is 4.01. The molecule has 2 aliphatic rings. The SMILES string of the molecule is CCc1cn2c(n1)CN(C(=O)[C@H]1CC[C@H](Nc3nccc(-n4ccc5c(OCCCS(C)(=O)=O)cccc54)n3)CC1)CC2. The number of nitrogens with one attached hydrogen (secondary N) is 1. The van der Waals surface area contributed by atoms with E-state index in [1.807, 2.05) is 46.0 Å². The highest BCUT2D eigenvalue weighted by Crippen LogP contribution is 2.30. The van der Waals surface area contributed by atoms with Crippen LogP contribution in [0.4, 0.5) is 5.95 Å². The number of imidazole rings is 1. The Hall–Kier alpha value is -3.93. The van der Waals surface area contributed by atoms with E-state index in [4.69, 9.17) is 14.7 Å². The Morgan fingerprint density at radius 1 is 1.09 bits per heavy atom. The largest absolute Gasteiger partial charge is 0.493 e. The Bertz CT molecular complexity index is 1710. The first-order chi connectivity index (χ1) is 20.8. The molecule has 0 spiro atoms. The zero-order valence-electron chi connectivity index (χ0n) is 24.8. The molecule has 0 saturated heterocycles. The first kappa shape index (κ1) is 29.2. The Labute approximate surface area is 252 Å². The summed E-state index contributed by atoms with van der Waals surface area (Å²) in [6, 6.07) is 9.87. The van der Waals surface area contributed by atoms with Gasteiger partial charge in [-0.2, -0.15) is 4.98 Å². The zero-order chi connectivity index (χ0) is 30.0. The Morgan fingerprint density at radius 2 is 1.93 bits per heavy atom. The van der Waals surface area contributed by atoms with E-state index < -0.39 is 9.84 Å². The molecule has 0 radical (unpaired) electrons. The van der Waals surface area contributed by atoms with E-state index in [2.05, 4.69) is 28.0 Å². The smallest absolute Gasteiger partial charge is 0.226 e. The number of rotatable bonds is 10. The minimum absolute atomic E-state index is 0.0477. The fraction of sp³-hybridized carbons (Fsp3) is 0.484. The number of ether oxygens (including phenoxy) is 1. The lowest BCUT2D eigenvalue weighted by molar-refractivity contribution is -0.138. The molecule has 43 heavy (non-hydrogen) atoms. The summed E-state index contributed by atoms with van der Waals surface area (Å²) in [5.74, 6) is 3.41. The van der Waals surface area contributed by atoms with E-state index >= 15 is 0 Å². The number of amides is 1. The van der Waals surface area contributed by atoms with Crippen LogP contribution in [0.2, 0.25) is 0 Å². The number of nitrogens with zero attached hydrogens (tertiary/aromatic N) is 6. The molecule has 4 heterocycles. The molecule has 1 fully saturated rings. The van der Waals surface area contributed by atoms with Crippen molar-refractivity contribution >= 4 is 32.6 Å². The summed E-state index contributed by atoms with van der Waals surface area (Å²) in [7, 11) is -3.01. The van der Waals surface area contributed by atoms with Crippen molar-refractivity contribution in [2.45, 2.75) is 64.6 Å². The summed E-state index contributed by atoms with van der Waals surface area (Å²) in [5, 5.41) is 4.43. The van der Waals surface area contributed by atoms with Gasteiger partial charge in [0.15, 0.2) is 0 Å². The predicted molar refractivity (Wildman–Crippen MR) is 165 cm³/mol. The molecule has 6 rings (SSSR count). The van der Waals surface area contributed by atoms with Gasteiger partial charge in [0.2, 0.25) is 11.9 Å². The topological polar surface area (TPSA) is 124 Å². The number of hydrogen-bond donors (Lipinski definition) is 1. The van der Waals surface area contributed by atoms with Gasteiger partial charge in [-0.05, 0) is 62.8 Å². The van der Waals surface area contributed by atoms with Crippen LogP contribution in [0.15, 0.2) is 48.9 Å². The molecule has 0 unspecified atom stereocenters. The van der Waals surface area contributed by atoms with Crippen molar-refractivity contribution in [1.29, 1.82) is 0 Å². The highest BCUT2D eigenvalue weighted by Gasteiger charge is 2.32. The molecule has 12 heteroatoms. The molecule has 3 aromatic heterocycles. The number of aromatic nitrogens is 5. The van der Waals surface area contributed by atoms with Crippen LogP contribution in [0.3, 0.4) is 0 Å². The Kier molecular flexibility index (Phi) is 8.38. The van der Waals surface area contributed by atoms with Gasteiger partial charge >= 0.3 is 0 Å². The van der Waals surface area contributed by atoms with Crippen molar-refractivity contribution in [3.8, 4) is 11.6 Å². The lowest BCUT2D eigenvalue weighted by Gasteiger charge is -2.34. The van der Waals surface area contributed by atoms with Crippen molar-refractivity contribution in [2.75, 3.05) is 30.5 Å². The number of fused-ring (bicyclic) bond motifs is 2. The van der Waals surface area contributed by atoms with Crippen LogP contribution in [0.1, 0.15) is 50.5 Å². The van der Waals surface area contributed by atoms with E-state index in [9.17, 15) is 13.2 Å².